The average molecular weight is 338 g/mol. The first-order chi connectivity index (χ1) is 12.1. The zero-order valence-electron chi connectivity index (χ0n) is 15.0. The zero-order valence-corrected chi connectivity index (χ0v) is 15.0. The van der Waals surface area contributed by atoms with Crippen molar-refractivity contribution in [2.24, 2.45) is 0 Å². The van der Waals surface area contributed by atoms with Gasteiger partial charge in [0.15, 0.2) is 0 Å². The highest BCUT2D eigenvalue weighted by Crippen LogP contribution is 2.34. The highest BCUT2D eigenvalue weighted by Gasteiger charge is 2.33. The largest absolute Gasteiger partial charge is 0.390 e. The Hall–Kier alpha value is -1.64. The van der Waals surface area contributed by atoms with E-state index in [1.165, 1.54) is 11.1 Å². The molecule has 0 amide bonds. The quantitative estimate of drug-likeness (QED) is 0.850. The number of hydrogen-bond donors (Lipinski definition) is 2. The van der Waals surface area contributed by atoms with Gasteiger partial charge in [-0.25, -0.2) is 0 Å². The summed E-state index contributed by atoms with van der Waals surface area (Å²) in [6.07, 6.45) is 7.41. The van der Waals surface area contributed by atoms with Crippen molar-refractivity contribution in [3.63, 3.8) is 0 Å². The number of aliphatic hydroxyl groups is 2. The van der Waals surface area contributed by atoms with E-state index in [0.717, 1.165) is 44.9 Å². The molecule has 1 aliphatic carbocycles. The lowest BCUT2D eigenvalue weighted by molar-refractivity contribution is 0.00681. The minimum atomic E-state index is -0.640. The monoisotopic (exact) mass is 338 g/mol. The predicted molar refractivity (Wildman–Crippen MR) is 103 cm³/mol. The van der Waals surface area contributed by atoms with E-state index in [4.69, 9.17) is 0 Å². The Kier molecular flexibility index (Phi) is 5.93. The van der Waals surface area contributed by atoms with Gasteiger partial charge >= 0.3 is 0 Å². The number of hydrogen-bond acceptors (Lipinski definition) is 2. The van der Waals surface area contributed by atoms with Crippen molar-refractivity contribution in [3.05, 3.63) is 71.8 Å². The van der Waals surface area contributed by atoms with Crippen LogP contribution in [0.1, 0.15) is 56.1 Å². The molecule has 1 fully saturated rings. The lowest BCUT2D eigenvalue weighted by Gasteiger charge is -2.29. The molecule has 2 aromatic rings. The van der Waals surface area contributed by atoms with Gasteiger partial charge in [0, 0.05) is 12.8 Å². The van der Waals surface area contributed by atoms with Crippen molar-refractivity contribution in [1.29, 1.82) is 0 Å². The van der Waals surface area contributed by atoms with E-state index in [-0.39, 0.29) is 0 Å². The average Bonchev–Trinajstić information content (AvgIpc) is 2.67. The molecule has 134 valence electrons. The van der Waals surface area contributed by atoms with Crippen LogP contribution in [-0.4, -0.2) is 21.4 Å². The van der Waals surface area contributed by atoms with Gasteiger partial charge in [0.25, 0.3) is 0 Å². The minimum absolute atomic E-state index is 0.640. The van der Waals surface area contributed by atoms with Crippen molar-refractivity contribution in [2.75, 3.05) is 0 Å². The molecule has 0 unspecified atom stereocenters. The molecule has 2 heteroatoms. The van der Waals surface area contributed by atoms with Crippen molar-refractivity contribution < 1.29 is 10.2 Å². The van der Waals surface area contributed by atoms with Crippen LogP contribution < -0.4 is 0 Å². The summed E-state index contributed by atoms with van der Waals surface area (Å²) >= 11 is 0. The van der Waals surface area contributed by atoms with Gasteiger partial charge in [-0.15, -0.1) is 0 Å². The summed E-state index contributed by atoms with van der Waals surface area (Å²) in [7, 11) is 0. The molecule has 0 aliphatic heterocycles. The van der Waals surface area contributed by atoms with Crippen molar-refractivity contribution in [1.82, 2.24) is 0 Å². The summed E-state index contributed by atoms with van der Waals surface area (Å²) in [4.78, 5) is 0. The Bertz CT molecular complexity index is 582. The topological polar surface area (TPSA) is 40.5 Å². The van der Waals surface area contributed by atoms with Gasteiger partial charge in [0.2, 0.25) is 0 Å². The Morgan fingerprint density at radius 1 is 0.560 bits per heavy atom. The molecule has 0 aromatic heterocycles. The van der Waals surface area contributed by atoms with E-state index in [9.17, 15) is 10.2 Å². The molecule has 2 atom stereocenters. The fraction of sp³-hybridized carbons (Fsp3) is 0.478. The third-order valence-electron chi connectivity index (χ3n) is 5.57. The zero-order chi connectivity index (χ0) is 17.6. The van der Waals surface area contributed by atoms with Crippen LogP contribution in [0.5, 0.6) is 0 Å². The van der Waals surface area contributed by atoms with E-state index < -0.39 is 11.2 Å². The fourth-order valence-electron chi connectivity index (χ4n) is 4.21. The molecular formula is C23H30O2. The van der Waals surface area contributed by atoms with E-state index >= 15 is 0 Å². The predicted octanol–water partition coefficient (Wildman–Crippen LogP) is 4.68. The maximum absolute atomic E-state index is 11.1. The summed E-state index contributed by atoms with van der Waals surface area (Å²) in [6, 6.07) is 20.5. The van der Waals surface area contributed by atoms with E-state index in [0.29, 0.717) is 12.8 Å². The van der Waals surface area contributed by atoms with Crippen LogP contribution in [0.25, 0.3) is 0 Å². The molecule has 2 aromatic carbocycles. The highest BCUT2D eigenvalue weighted by atomic mass is 16.3. The third kappa shape index (κ3) is 5.42. The lowest BCUT2D eigenvalue weighted by Crippen LogP contribution is -2.33. The molecule has 0 heterocycles. The SMILES string of the molecule is O[C@]1(Cc2ccccc2)CCCC[C@@](O)(Cc2ccccc2)CCC1. The summed E-state index contributed by atoms with van der Waals surface area (Å²) in [6.45, 7) is 0. The van der Waals surface area contributed by atoms with Gasteiger partial charge in [-0.2, -0.15) is 0 Å². The molecule has 1 saturated carbocycles. The molecule has 0 spiro atoms. The maximum atomic E-state index is 11.1. The summed E-state index contributed by atoms with van der Waals surface area (Å²) in [5.41, 5.74) is 1.12. The number of benzene rings is 2. The Balaban J connectivity index is 1.63. The van der Waals surface area contributed by atoms with Gasteiger partial charge in [-0.1, -0.05) is 73.5 Å². The lowest BCUT2D eigenvalue weighted by atomic mass is 9.84. The van der Waals surface area contributed by atoms with Crippen molar-refractivity contribution in [3.8, 4) is 0 Å². The van der Waals surface area contributed by atoms with Crippen LogP contribution in [0.15, 0.2) is 60.7 Å². The first-order valence-electron chi connectivity index (χ1n) is 9.60. The molecule has 3 rings (SSSR count). The van der Waals surface area contributed by atoms with Crippen molar-refractivity contribution in [2.45, 2.75) is 69.0 Å². The summed E-state index contributed by atoms with van der Waals surface area (Å²) < 4.78 is 0. The van der Waals surface area contributed by atoms with E-state index in [2.05, 4.69) is 24.3 Å². The van der Waals surface area contributed by atoms with E-state index in [1.54, 1.807) is 0 Å². The molecule has 0 saturated heterocycles. The van der Waals surface area contributed by atoms with Gasteiger partial charge < -0.3 is 10.2 Å². The molecule has 0 radical (unpaired) electrons. The van der Waals surface area contributed by atoms with Gasteiger partial charge in [-0.05, 0) is 43.2 Å². The molecular weight excluding hydrogens is 308 g/mol. The molecule has 2 nitrogen and oxygen atoms in total. The second kappa shape index (κ2) is 8.16. The van der Waals surface area contributed by atoms with Crippen LogP contribution >= 0.6 is 0 Å². The second-order valence-electron chi connectivity index (χ2n) is 7.83. The normalized spacial score (nSPS) is 27.9. The van der Waals surface area contributed by atoms with Crippen LogP contribution in [0.2, 0.25) is 0 Å². The maximum Gasteiger partial charge on any atom is 0.0688 e. The Morgan fingerprint density at radius 2 is 0.920 bits per heavy atom. The highest BCUT2D eigenvalue weighted by molar-refractivity contribution is 5.18. The standard InChI is InChI=1S/C23H30O2/c24-22(18-20-10-3-1-4-11-20)14-7-8-15-23(25,17-9-16-22)19-21-12-5-2-6-13-21/h1-6,10-13,24-25H,7-9,14-19H2/t22-,23+. The fourth-order valence-corrected chi connectivity index (χ4v) is 4.21. The number of rotatable bonds is 4. The smallest absolute Gasteiger partial charge is 0.0688 e. The molecule has 0 bridgehead atoms. The van der Waals surface area contributed by atoms with Crippen LogP contribution in [0, 0.1) is 0 Å². The van der Waals surface area contributed by atoms with Gasteiger partial charge in [0.1, 0.15) is 0 Å². The molecule has 25 heavy (non-hydrogen) atoms. The summed E-state index contributed by atoms with van der Waals surface area (Å²) in [5.74, 6) is 0. The van der Waals surface area contributed by atoms with Crippen molar-refractivity contribution >= 4 is 0 Å². The van der Waals surface area contributed by atoms with E-state index in [1.807, 2.05) is 36.4 Å². The van der Waals surface area contributed by atoms with Crippen LogP contribution in [0.3, 0.4) is 0 Å². The molecule has 2 N–H and O–H groups in total. The first-order valence-corrected chi connectivity index (χ1v) is 9.60. The Labute approximate surface area is 151 Å². The summed E-state index contributed by atoms with van der Waals surface area (Å²) in [5, 5.41) is 22.3. The van der Waals surface area contributed by atoms with Crippen LogP contribution in [-0.2, 0) is 12.8 Å². The minimum Gasteiger partial charge on any atom is -0.390 e. The Morgan fingerprint density at radius 3 is 1.32 bits per heavy atom. The van der Waals surface area contributed by atoms with Gasteiger partial charge in [-0.3, -0.25) is 0 Å². The molecule has 1 aliphatic rings. The van der Waals surface area contributed by atoms with Gasteiger partial charge in [0.05, 0.1) is 11.2 Å². The third-order valence-corrected chi connectivity index (χ3v) is 5.57. The van der Waals surface area contributed by atoms with Crippen LogP contribution in [0.4, 0.5) is 0 Å². The first kappa shape index (κ1) is 18.2. The second-order valence-corrected chi connectivity index (χ2v) is 7.83.